The van der Waals surface area contributed by atoms with Crippen LogP contribution in [-0.4, -0.2) is 5.91 Å². The monoisotopic (exact) mass is 273 g/mol. The Morgan fingerprint density at radius 1 is 1.21 bits per heavy atom. The van der Waals surface area contributed by atoms with Crippen LogP contribution in [0.1, 0.15) is 44.9 Å². The van der Waals surface area contributed by atoms with E-state index in [1.54, 1.807) is 11.3 Å². The lowest BCUT2D eigenvalue weighted by molar-refractivity contribution is 0.0939. The van der Waals surface area contributed by atoms with Gasteiger partial charge in [0.05, 0.1) is 6.04 Å². The highest BCUT2D eigenvalue weighted by Gasteiger charge is 2.16. The summed E-state index contributed by atoms with van der Waals surface area (Å²) in [6.45, 7) is 8.05. The first kappa shape index (κ1) is 13.8. The van der Waals surface area contributed by atoms with E-state index in [4.69, 9.17) is 0 Å². The van der Waals surface area contributed by atoms with Crippen molar-refractivity contribution >= 4 is 17.2 Å². The molecule has 0 aliphatic carbocycles. The minimum Gasteiger partial charge on any atom is -0.345 e. The summed E-state index contributed by atoms with van der Waals surface area (Å²) < 4.78 is 0. The molecule has 1 amide bonds. The van der Waals surface area contributed by atoms with Crippen molar-refractivity contribution in [3.8, 4) is 0 Å². The second kappa shape index (κ2) is 5.57. The number of hydrogen-bond donors (Lipinski definition) is 1. The normalized spacial score (nSPS) is 12.2. The third kappa shape index (κ3) is 3.04. The van der Waals surface area contributed by atoms with E-state index in [0.29, 0.717) is 0 Å². The number of carbonyl (C=O) groups is 1. The van der Waals surface area contributed by atoms with Crippen molar-refractivity contribution in [3.63, 3.8) is 0 Å². The fraction of sp³-hybridized carbons (Fsp3) is 0.312. The molecule has 100 valence electrons. The number of benzene rings is 1. The fourth-order valence-electron chi connectivity index (χ4n) is 2.42. The van der Waals surface area contributed by atoms with Gasteiger partial charge in [-0.15, -0.1) is 11.3 Å². The molecular formula is C16H19NOS. The second-order valence-corrected chi connectivity index (χ2v) is 5.96. The molecule has 0 fully saturated rings. The van der Waals surface area contributed by atoms with Crippen molar-refractivity contribution in [1.82, 2.24) is 5.32 Å². The van der Waals surface area contributed by atoms with Gasteiger partial charge in [0.1, 0.15) is 0 Å². The molecule has 0 radical (unpaired) electrons. The fourth-order valence-corrected chi connectivity index (χ4v) is 3.15. The Bertz CT molecular complexity index is 564. The van der Waals surface area contributed by atoms with E-state index < -0.39 is 0 Å². The van der Waals surface area contributed by atoms with Crippen LogP contribution in [0.4, 0.5) is 0 Å². The van der Waals surface area contributed by atoms with Crippen LogP contribution in [0, 0.1) is 20.8 Å². The van der Waals surface area contributed by atoms with Crippen molar-refractivity contribution in [1.29, 1.82) is 0 Å². The van der Waals surface area contributed by atoms with E-state index >= 15 is 0 Å². The average Bonchev–Trinajstić information content (AvgIpc) is 2.80. The van der Waals surface area contributed by atoms with E-state index in [1.807, 2.05) is 38.3 Å². The zero-order chi connectivity index (χ0) is 14.0. The molecule has 1 N–H and O–H groups in total. The van der Waals surface area contributed by atoms with Gasteiger partial charge in [-0.05, 0) is 50.3 Å². The predicted octanol–water partition coefficient (Wildman–Crippen LogP) is 4.16. The molecule has 19 heavy (non-hydrogen) atoms. The Morgan fingerprint density at radius 3 is 2.37 bits per heavy atom. The number of thiophene rings is 1. The highest BCUT2D eigenvalue weighted by molar-refractivity contribution is 7.10. The van der Waals surface area contributed by atoms with Crippen molar-refractivity contribution in [2.45, 2.75) is 33.7 Å². The van der Waals surface area contributed by atoms with Crippen molar-refractivity contribution < 1.29 is 4.79 Å². The largest absolute Gasteiger partial charge is 0.345 e. The van der Waals surface area contributed by atoms with E-state index in [0.717, 1.165) is 16.7 Å². The molecule has 2 rings (SSSR count). The molecule has 2 nitrogen and oxygen atoms in total. The van der Waals surface area contributed by atoms with Gasteiger partial charge in [-0.25, -0.2) is 0 Å². The molecule has 1 atom stereocenters. The summed E-state index contributed by atoms with van der Waals surface area (Å²) in [5.74, 6) is 0.0101. The quantitative estimate of drug-likeness (QED) is 0.893. The van der Waals surface area contributed by atoms with E-state index in [1.165, 1.54) is 10.4 Å². The summed E-state index contributed by atoms with van der Waals surface area (Å²) >= 11 is 1.66. The summed E-state index contributed by atoms with van der Waals surface area (Å²) in [7, 11) is 0. The first-order valence-corrected chi connectivity index (χ1v) is 7.29. The SMILES string of the molecule is Cc1cc(C)c(C(=O)NC(C)c2cccs2)c(C)c1. The van der Waals surface area contributed by atoms with Gasteiger partial charge in [-0.1, -0.05) is 23.8 Å². The van der Waals surface area contributed by atoms with Crippen molar-refractivity contribution in [2.75, 3.05) is 0 Å². The molecule has 1 aromatic carbocycles. The second-order valence-electron chi connectivity index (χ2n) is 4.98. The van der Waals surface area contributed by atoms with Crippen LogP contribution < -0.4 is 5.32 Å². The molecular weight excluding hydrogens is 254 g/mol. The smallest absolute Gasteiger partial charge is 0.252 e. The average molecular weight is 273 g/mol. The highest BCUT2D eigenvalue weighted by atomic mass is 32.1. The molecule has 3 heteroatoms. The summed E-state index contributed by atoms with van der Waals surface area (Å²) in [6.07, 6.45) is 0. The van der Waals surface area contributed by atoms with Gasteiger partial charge in [0.25, 0.3) is 5.91 Å². The molecule has 1 unspecified atom stereocenters. The Kier molecular flexibility index (Phi) is 4.05. The standard InChI is InChI=1S/C16H19NOS/c1-10-8-11(2)15(12(3)9-10)16(18)17-13(4)14-6-5-7-19-14/h5-9,13H,1-4H3,(H,17,18). The van der Waals surface area contributed by atoms with Crippen LogP contribution in [0.3, 0.4) is 0 Å². The molecule has 0 aliphatic rings. The Labute approximate surface area is 118 Å². The molecule has 0 aliphatic heterocycles. The number of carbonyl (C=O) groups excluding carboxylic acids is 1. The number of nitrogens with one attached hydrogen (secondary N) is 1. The van der Waals surface area contributed by atoms with Crippen LogP contribution >= 0.6 is 11.3 Å². The van der Waals surface area contributed by atoms with E-state index in [9.17, 15) is 4.79 Å². The van der Waals surface area contributed by atoms with Gasteiger partial charge in [0, 0.05) is 10.4 Å². The summed E-state index contributed by atoms with van der Waals surface area (Å²) in [5.41, 5.74) is 4.06. The summed E-state index contributed by atoms with van der Waals surface area (Å²) in [5, 5.41) is 5.10. The van der Waals surface area contributed by atoms with Gasteiger partial charge in [-0.3, -0.25) is 4.79 Å². The molecule has 0 bridgehead atoms. The van der Waals surface area contributed by atoms with Gasteiger partial charge in [0.2, 0.25) is 0 Å². The van der Waals surface area contributed by atoms with Crippen molar-refractivity contribution in [2.24, 2.45) is 0 Å². The van der Waals surface area contributed by atoms with E-state index in [-0.39, 0.29) is 11.9 Å². The van der Waals surface area contributed by atoms with Crippen molar-refractivity contribution in [3.05, 3.63) is 56.8 Å². The summed E-state index contributed by atoms with van der Waals surface area (Å²) in [4.78, 5) is 13.6. The number of aryl methyl sites for hydroxylation is 3. The first-order valence-electron chi connectivity index (χ1n) is 6.41. The van der Waals surface area contributed by atoms with Crippen LogP contribution in [0.25, 0.3) is 0 Å². The van der Waals surface area contributed by atoms with Crippen LogP contribution in [-0.2, 0) is 0 Å². The van der Waals surface area contributed by atoms with Gasteiger partial charge < -0.3 is 5.32 Å². The maximum atomic E-state index is 12.4. The molecule has 1 aromatic heterocycles. The zero-order valence-electron chi connectivity index (χ0n) is 11.8. The first-order chi connectivity index (χ1) is 8.99. The van der Waals surface area contributed by atoms with Gasteiger partial charge >= 0.3 is 0 Å². The molecule has 1 heterocycles. The number of hydrogen-bond acceptors (Lipinski definition) is 2. The lowest BCUT2D eigenvalue weighted by Gasteiger charge is -2.15. The number of rotatable bonds is 3. The molecule has 2 aromatic rings. The van der Waals surface area contributed by atoms with Crippen LogP contribution in [0.5, 0.6) is 0 Å². The van der Waals surface area contributed by atoms with Gasteiger partial charge in [0.15, 0.2) is 0 Å². The molecule has 0 spiro atoms. The third-order valence-electron chi connectivity index (χ3n) is 3.22. The topological polar surface area (TPSA) is 29.1 Å². The molecule has 0 saturated carbocycles. The predicted molar refractivity (Wildman–Crippen MR) is 80.9 cm³/mol. The lowest BCUT2D eigenvalue weighted by Crippen LogP contribution is -2.27. The minimum atomic E-state index is 0.0101. The minimum absolute atomic E-state index is 0.0101. The third-order valence-corrected chi connectivity index (χ3v) is 4.28. The van der Waals surface area contributed by atoms with Gasteiger partial charge in [-0.2, -0.15) is 0 Å². The van der Waals surface area contributed by atoms with Crippen LogP contribution in [0.15, 0.2) is 29.6 Å². The Balaban J connectivity index is 2.21. The van der Waals surface area contributed by atoms with Crippen LogP contribution in [0.2, 0.25) is 0 Å². The zero-order valence-corrected chi connectivity index (χ0v) is 12.6. The molecule has 0 saturated heterocycles. The lowest BCUT2D eigenvalue weighted by atomic mass is 9.99. The maximum absolute atomic E-state index is 12.4. The Morgan fingerprint density at radius 2 is 1.84 bits per heavy atom. The highest BCUT2D eigenvalue weighted by Crippen LogP contribution is 2.21. The number of amides is 1. The van der Waals surface area contributed by atoms with E-state index in [2.05, 4.69) is 24.4 Å². The Hall–Kier alpha value is -1.61. The maximum Gasteiger partial charge on any atom is 0.252 e. The summed E-state index contributed by atoms with van der Waals surface area (Å²) in [6, 6.07) is 8.21.